The van der Waals surface area contributed by atoms with Crippen molar-refractivity contribution in [1.29, 1.82) is 0 Å². The Bertz CT molecular complexity index is 2140. The van der Waals surface area contributed by atoms with Crippen molar-refractivity contribution < 1.29 is 94.9 Å². The lowest BCUT2D eigenvalue weighted by molar-refractivity contribution is -0.347. The lowest BCUT2D eigenvalue weighted by atomic mass is 9.87. The van der Waals surface area contributed by atoms with Crippen LogP contribution < -0.4 is 35.9 Å². The quantitative estimate of drug-likeness (QED) is 0.0322. The van der Waals surface area contributed by atoms with Gasteiger partial charge in [-0.15, -0.1) is 0 Å². The lowest BCUT2D eigenvalue weighted by Crippen LogP contribution is -2.46. The van der Waals surface area contributed by atoms with Crippen molar-refractivity contribution in [3.05, 3.63) is 12.7 Å². The number of carbonyl (C=O) groups is 6. The van der Waals surface area contributed by atoms with E-state index in [4.69, 9.17) is 10.5 Å². The molecule has 0 aliphatic carbocycles. The van der Waals surface area contributed by atoms with Gasteiger partial charge in [-0.05, 0) is 6.42 Å². The van der Waals surface area contributed by atoms with Gasteiger partial charge in [-0.1, -0.05) is 45.4 Å². The van der Waals surface area contributed by atoms with Crippen LogP contribution in [0.15, 0.2) is 12.7 Å². The highest BCUT2D eigenvalue weighted by Gasteiger charge is 2.47. The highest BCUT2D eigenvalue weighted by Crippen LogP contribution is 2.56. The van der Waals surface area contributed by atoms with Crippen molar-refractivity contribution in [3.63, 3.8) is 0 Å². The molecule has 6 N–H and O–H groups in total. The number of rotatable bonds is 29. The van der Waals surface area contributed by atoms with Gasteiger partial charge in [0, 0.05) is 37.1 Å². The number of phosphoric ester groups is 3. The van der Waals surface area contributed by atoms with E-state index in [-0.39, 0.29) is 60.9 Å². The SMILES string of the molecule is CCCCCC(=O)CC(=O)CC(=O)CC(=O)SCCNC(=O)CCNC(=O)C(O)C(C)(C)COP(=O)([O-])OP(=O)([O-])OCC1OC(n2cnc3c(N)ncnc32)C(O)C1OP(=O)([O-])[O-]. The van der Waals surface area contributed by atoms with Crippen molar-refractivity contribution in [1.82, 2.24) is 30.2 Å². The molecule has 2 amide bonds. The van der Waals surface area contributed by atoms with E-state index in [0.717, 1.165) is 55.7 Å². The van der Waals surface area contributed by atoms with Crippen LogP contribution in [0.2, 0.25) is 0 Å². The molecule has 3 heterocycles. The van der Waals surface area contributed by atoms with Crippen LogP contribution in [0.25, 0.3) is 11.2 Å². The highest BCUT2D eigenvalue weighted by molar-refractivity contribution is 8.13. The summed E-state index contributed by atoms with van der Waals surface area (Å²) in [5.41, 5.74) is 3.98. The van der Waals surface area contributed by atoms with Crippen LogP contribution in [0.4, 0.5) is 5.82 Å². The molecule has 2 aromatic rings. The topological polar surface area (TPSA) is 426 Å². The standard InChI is InChI=1S/C33H52N7O20P3S/c1-4-5-6-7-19(41)12-20(42)13-21(43)14-24(45)64-11-10-35-23(44)8-9-36-31(48)28(47)33(2,3)16-57-63(54,55)60-62(52,53)56-15-22-27(59-61(49,50)51)26(46)32(58-22)40-18-39-25-29(34)37-17-38-30(25)40/h17-18,22,26-28,32,46-47H,4-16H2,1-3H3,(H,35,44)(H,36,48)(H,52,53)(H,54,55)(H2,34,37,38)(H2,49,50,51)/p-4. The van der Waals surface area contributed by atoms with Gasteiger partial charge in [-0.25, -0.2) is 19.3 Å². The summed E-state index contributed by atoms with van der Waals surface area (Å²) in [6, 6.07) is 0. The second kappa shape index (κ2) is 24.4. The molecule has 64 heavy (non-hydrogen) atoms. The molecule has 31 heteroatoms. The second-order valence-electron chi connectivity index (χ2n) is 14.8. The average Bonchev–Trinajstić information content (AvgIpc) is 3.74. The molecule has 0 bridgehead atoms. The number of aliphatic hydroxyl groups excluding tert-OH is 2. The first-order valence-electron chi connectivity index (χ1n) is 19.3. The van der Waals surface area contributed by atoms with E-state index in [1.165, 1.54) is 0 Å². The van der Waals surface area contributed by atoms with Gasteiger partial charge in [-0.2, -0.15) is 0 Å². The number of unbranched alkanes of at least 4 members (excludes halogenated alkanes) is 2. The number of phosphoric acid groups is 3. The van der Waals surface area contributed by atoms with E-state index in [2.05, 4.69) is 43.5 Å². The number of amides is 2. The number of anilines is 1. The summed E-state index contributed by atoms with van der Waals surface area (Å²) in [5.74, 6) is -3.12. The number of imidazole rings is 1. The molecule has 0 radical (unpaired) electrons. The molecule has 27 nitrogen and oxygen atoms in total. The first kappa shape index (κ1) is 54.9. The van der Waals surface area contributed by atoms with Gasteiger partial charge >= 0.3 is 0 Å². The fraction of sp³-hybridized carbons (Fsp3) is 0.667. The van der Waals surface area contributed by atoms with Crippen molar-refractivity contribution in [2.45, 2.75) is 103 Å². The van der Waals surface area contributed by atoms with E-state index in [1.54, 1.807) is 0 Å². The number of aliphatic hydroxyl groups is 2. The Morgan fingerprint density at radius 1 is 0.938 bits per heavy atom. The van der Waals surface area contributed by atoms with E-state index < -0.39 is 114 Å². The number of nitrogen functional groups attached to an aromatic ring is 1. The number of nitrogens with zero attached hydrogens (tertiary/aromatic N) is 4. The Morgan fingerprint density at radius 2 is 1.59 bits per heavy atom. The zero-order valence-corrected chi connectivity index (χ0v) is 38.1. The largest absolute Gasteiger partial charge is 0.790 e. The van der Waals surface area contributed by atoms with Gasteiger partial charge in [0.15, 0.2) is 22.8 Å². The molecule has 7 unspecified atom stereocenters. The molecule has 0 aromatic carbocycles. The van der Waals surface area contributed by atoms with Crippen LogP contribution in [0.5, 0.6) is 0 Å². The summed E-state index contributed by atoms with van der Waals surface area (Å²) in [5, 5.41) is 25.6. The monoisotopic (exact) mass is 987 g/mol. The van der Waals surface area contributed by atoms with E-state index in [0.29, 0.717) is 6.42 Å². The third-order valence-electron chi connectivity index (χ3n) is 8.93. The van der Waals surface area contributed by atoms with Crippen LogP contribution >= 0.6 is 35.2 Å². The third kappa shape index (κ3) is 18.1. The summed E-state index contributed by atoms with van der Waals surface area (Å²) in [4.78, 5) is 132. The number of nitrogens with two attached hydrogens (primary N) is 1. The van der Waals surface area contributed by atoms with Crippen LogP contribution in [-0.2, 0) is 65.1 Å². The minimum Gasteiger partial charge on any atom is -0.790 e. The Hall–Kier alpha value is -3.43. The molecule has 0 saturated carbocycles. The molecule has 1 saturated heterocycles. The Balaban J connectivity index is 1.40. The predicted molar refractivity (Wildman–Crippen MR) is 211 cm³/mol. The number of nitrogens with one attached hydrogen (secondary N) is 2. The van der Waals surface area contributed by atoms with Crippen molar-refractivity contribution in [2.75, 3.05) is 37.8 Å². The first-order valence-corrected chi connectivity index (χ1v) is 24.6. The number of carbonyl (C=O) groups excluding carboxylic acids is 6. The van der Waals surface area contributed by atoms with Crippen molar-refractivity contribution in [2.24, 2.45) is 5.41 Å². The third-order valence-corrected chi connectivity index (χ3v) is 12.8. The summed E-state index contributed by atoms with van der Waals surface area (Å²) < 4.78 is 60.5. The second-order valence-corrected chi connectivity index (χ2v) is 20.0. The Labute approximate surface area is 369 Å². The van der Waals surface area contributed by atoms with Gasteiger partial charge < -0.3 is 69.0 Å². The maximum Gasteiger partial charge on any atom is 0.274 e. The smallest absolute Gasteiger partial charge is 0.274 e. The molecule has 2 aromatic heterocycles. The number of ketones is 3. The molecule has 1 fully saturated rings. The highest BCUT2D eigenvalue weighted by atomic mass is 32.2. The van der Waals surface area contributed by atoms with Crippen molar-refractivity contribution >= 4 is 86.5 Å². The van der Waals surface area contributed by atoms with Crippen LogP contribution in [-0.4, -0.2) is 120 Å². The Kier molecular flexibility index (Phi) is 20.9. The number of hydrogen-bond donors (Lipinski definition) is 5. The van der Waals surface area contributed by atoms with E-state index in [9.17, 15) is 72.2 Å². The van der Waals surface area contributed by atoms with Gasteiger partial charge in [0.05, 0.1) is 46.6 Å². The average molecular weight is 988 g/mol. The summed E-state index contributed by atoms with van der Waals surface area (Å²) in [6.45, 7) is 1.62. The van der Waals surface area contributed by atoms with Gasteiger partial charge in [0.2, 0.25) is 11.8 Å². The van der Waals surface area contributed by atoms with Gasteiger partial charge in [-0.3, -0.25) is 42.5 Å². The molecular weight excluding hydrogens is 939 g/mol. The molecule has 3 rings (SSSR count). The van der Waals surface area contributed by atoms with Crippen LogP contribution in [0, 0.1) is 5.41 Å². The Morgan fingerprint density at radius 3 is 2.27 bits per heavy atom. The summed E-state index contributed by atoms with van der Waals surface area (Å²) in [7, 11) is -17.7. The number of hydrogen-bond acceptors (Lipinski definition) is 25. The van der Waals surface area contributed by atoms with Gasteiger partial charge in [0.1, 0.15) is 53.6 Å². The fourth-order valence-electron chi connectivity index (χ4n) is 5.71. The summed E-state index contributed by atoms with van der Waals surface area (Å²) in [6.07, 6.45) is -6.62. The van der Waals surface area contributed by atoms with Gasteiger partial charge in [0.25, 0.3) is 15.6 Å². The molecule has 1 aliphatic rings. The minimum absolute atomic E-state index is 0.0104. The fourth-order valence-corrected chi connectivity index (χ4v) is 9.14. The minimum atomic E-state index is -5.95. The van der Waals surface area contributed by atoms with Crippen molar-refractivity contribution in [3.8, 4) is 0 Å². The lowest BCUT2D eigenvalue weighted by Gasteiger charge is -2.36. The molecule has 0 spiro atoms. The zero-order chi connectivity index (χ0) is 48.0. The number of thioether (sulfide) groups is 1. The number of Topliss-reactive ketones (excluding diaryl/α,β-unsaturated/α-hetero) is 3. The maximum absolute atomic E-state index is 12.6. The van der Waals surface area contributed by atoms with Crippen LogP contribution in [0.3, 0.4) is 0 Å². The number of ether oxygens (including phenoxy) is 1. The number of aromatic nitrogens is 4. The molecule has 1 aliphatic heterocycles. The number of fused-ring (bicyclic) bond motifs is 1. The van der Waals surface area contributed by atoms with Crippen LogP contribution in [0.1, 0.15) is 78.4 Å². The predicted octanol–water partition coefficient (Wildman–Crippen LogP) is -2.41. The van der Waals surface area contributed by atoms with E-state index in [1.807, 2.05) is 6.92 Å². The van der Waals surface area contributed by atoms with E-state index >= 15 is 0 Å². The maximum atomic E-state index is 12.6. The first-order chi connectivity index (χ1) is 29.7. The molecule has 7 atom stereocenters. The normalized spacial score (nSPS) is 20.3. The summed E-state index contributed by atoms with van der Waals surface area (Å²) >= 11 is 0.742. The zero-order valence-electron chi connectivity index (χ0n) is 34.6. The molecule has 360 valence electrons. The molecular formula is C33H48N7O20P3S-4.